The van der Waals surface area contributed by atoms with Crippen LogP contribution < -0.4 is 5.73 Å². The van der Waals surface area contributed by atoms with Crippen molar-refractivity contribution >= 4 is 25.7 Å². The first-order valence-electron chi connectivity index (χ1n) is 21.4. The van der Waals surface area contributed by atoms with Gasteiger partial charge in [0.1, 0.15) is 12.6 Å². The van der Waals surface area contributed by atoms with E-state index in [1.807, 2.05) is 0 Å². The number of carbonyl (C=O) groups excluding carboxylic acids is 2. The summed E-state index contributed by atoms with van der Waals surface area (Å²) in [6.07, 6.45) is 38.1. The largest absolute Gasteiger partial charge is 0.480 e. The normalized spacial score (nSPS) is 14.0. The second-order valence-electron chi connectivity index (χ2n) is 14.5. The third-order valence-electron chi connectivity index (χ3n) is 9.20. The number of hydrogen-bond acceptors (Lipinski definition) is 9. The molecule has 1 unspecified atom stereocenters. The van der Waals surface area contributed by atoms with Gasteiger partial charge in [-0.15, -0.1) is 0 Å². The number of phosphoric acid groups is 1. The van der Waals surface area contributed by atoms with Crippen molar-refractivity contribution in [2.75, 3.05) is 19.8 Å². The van der Waals surface area contributed by atoms with Crippen LogP contribution in [0.25, 0.3) is 0 Å². The highest BCUT2D eigenvalue weighted by Crippen LogP contribution is 2.43. The van der Waals surface area contributed by atoms with Crippen molar-refractivity contribution in [3.63, 3.8) is 0 Å². The number of unbranched alkanes of at least 4 members (excludes halogenated alkanes) is 22. The first kappa shape index (κ1) is 52.0. The van der Waals surface area contributed by atoms with Crippen LogP contribution in [0, 0.1) is 0 Å². The van der Waals surface area contributed by atoms with E-state index < -0.39 is 51.1 Å². The second-order valence-corrected chi connectivity index (χ2v) is 15.9. The SMILES string of the molecule is CCCCC/C=C/C/C=C/CCCCCCCC(=O)O[C@H](COC(=O)CCCCCCCCCCCCCCCCC)COP(=O)(O)OC[C@H](N)C(=O)O. The summed E-state index contributed by atoms with van der Waals surface area (Å²) in [6.45, 7) is 2.77. The number of nitrogens with two attached hydrogens (primary N) is 1. The van der Waals surface area contributed by atoms with E-state index in [1.165, 1.54) is 89.9 Å². The minimum Gasteiger partial charge on any atom is -0.480 e. The Kier molecular flexibility index (Phi) is 36.4. The zero-order valence-corrected chi connectivity index (χ0v) is 35.0. The molecule has 316 valence electrons. The Hall–Kier alpha value is -2.04. The molecule has 0 spiro atoms. The molecule has 0 aliphatic carbocycles. The molecule has 54 heavy (non-hydrogen) atoms. The average Bonchev–Trinajstić information content (AvgIpc) is 3.14. The highest BCUT2D eigenvalue weighted by molar-refractivity contribution is 7.47. The van der Waals surface area contributed by atoms with Crippen molar-refractivity contribution in [3.05, 3.63) is 24.3 Å². The van der Waals surface area contributed by atoms with Crippen molar-refractivity contribution in [2.24, 2.45) is 5.73 Å². The van der Waals surface area contributed by atoms with Gasteiger partial charge >= 0.3 is 25.7 Å². The van der Waals surface area contributed by atoms with Crippen LogP contribution in [-0.2, 0) is 37.5 Å². The van der Waals surface area contributed by atoms with E-state index >= 15 is 0 Å². The lowest BCUT2D eigenvalue weighted by molar-refractivity contribution is -0.161. The second kappa shape index (κ2) is 37.9. The lowest BCUT2D eigenvalue weighted by Gasteiger charge is -2.20. The van der Waals surface area contributed by atoms with E-state index in [-0.39, 0.29) is 19.4 Å². The Morgan fingerprint density at radius 2 is 0.981 bits per heavy atom. The Bertz CT molecular complexity index is 1020. The van der Waals surface area contributed by atoms with Gasteiger partial charge in [0, 0.05) is 12.8 Å². The van der Waals surface area contributed by atoms with E-state index in [9.17, 15) is 23.8 Å². The van der Waals surface area contributed by atoms with Gasteiger partial charge in [-0.3, -0.25) is 23.4 Å². The van der Waals surface area contributed by atoms with Crippen molar-refractivity contribution < 1.29 is 47.5 Å². The summed E-state index contributed by atoms with van der Waals surface area (Å²) in [5.74, 6) is -2.39. The standard InChI is InChI=1S/C42H78NO10P/c1-3-5-7-9-11-13-15-17-19-21-23-25-27-29-31-33-40(44)50-35-38(36-51-54(48,49)52-37-39(43)42(46)47)53-41(45)34-32-30-28-26-24-22-20-18-16-14-12-10-8-6-4-2/h12,14,18,20,38-39H,3-11,13,15-17,19,21-37,43H2,1-2H3,(H,46,47)(H,48,49)/b14-12+,20-18+/t38-,39+/m1/s1. The summed E-state index contributed by atoms with van der Waals surface area (Å²) in [7, 11) is -4.71. The van der Waals surface area contributed by atoms with Gasteiger partial charge in [-0.1, -0.05) is 160 Å². The number of phosphoric ester groups is 1. The molecule has 12 heteroatoms. The van der Waals surface area contributed by atoms with Gasteiger partial charge in [0.25, 0.3) is 0 Å². The molecule has 0 heterocycles. The molecule has 0 aromatic rings. The van der Waals surface area contributed by atoms with E-state index in [0.717, 1.165) is 64.2 Å². The van der Waals surface area contributed by atoms with Gasteiger partial charge in [0.2, 0.25) is 0 Å². The van der Waals surface area contributed by atoms with Gasteiger partial charge in [-0.2, -0.15) is 0 Å². The monoisotopic (exact) mass is 788 g/mol. The first-order chi connectivity index (χ1) is 26.1. The fraction of sp³-hybridized carbons (Fsp3) is 0.833. The fourth-order valence-corrected chi connectivity index (χ4v) is 6.58. The lowest BCUT2D eigenvalue weighted by atomic mass is 10.0. The molecule has 0 saturated heterocycles. The lowest BCUT2D eigenvalue weighted by Crippen LogP contribution is -2.34. The number of carboxylic acids is 1. The quantitative estimate of drug-likeness (QED) is 0.0233. The number of hydrogen-bond donors (Lipinski definition) is 3. The molecule has 0 aliphatic rings. The maximum atomic E-state index is 12.6. The van der Waals surface area contributed by atoms with Gasteiger partial charge in [-0.05, 0) is 44.9 Å². The number of rotatable bonds is 40. The summed E-state index contributed by atoms with van der Waals surface area (Å²) in [4.78, 5) is 45.9. The molecule has 0 rings (SSSR count). The number of esters is 2. The van der Waals surface area contributed by atoms with Crippen LogP contribution in [0.1, 0.15) is 194 Å². The highest BCUT2D eigenvalue weighted by atomic mass is 31.2. The van der Waals surface area contributed by atoms with Gasteiger partial charge in [-0.25, -0.2) is 4.57 Å². The molecule has 0 fully saturated rings. The molecule has 0 aromatic heterocycles. The van der Waals surface area contributed by atoms with Crippen molar-refractivity contribution in [1.82, 2.24) is 0 Å². The molecule has 0 aromatic carbocycles. The molecular weight excluding hydrogens is 709 g/mol. The third-order valence-corrected chi connectivity index (χ3v) is 10.2. The average molecular weight is 788 g/mol. The Balaban J connectivity index is 4.38. The molecule has 4 N–H and O–H groups in total. The molecule has 0 saturated carbocycles. The smallest absolute Gasteiger partial charge is 0.472 e. The van der Waals surface area contributed by atoms with E-state index in [0.29, 0.717) is 12.8 Å². The first-order valence-corrected chi connectivity index (χ1v) is 22.9. The van der Waals surface area contributed by atoms with Crippen LogP contribution in [0.4, 0.5) is 0 Å². The van der Waals surface area contributed by atoms with Crippen molar-refractivity contribution in [3.8, 4) is 0 Å². The molecule has 11 nitrogen and oxygen atoms in total. The van der Waals surface area contributed by atoms with Crippen LogP contribution in [-0.4, -0.2) is 59.9 Å². The van der Waals surface area contributed by atoms with E-state index in [2.05, 4.69) is 42.7 Å². The van der Waals surface area contributed by atoms with Crippen LogP contribution >= 0.6 is 7.82 Å². The van der Waals surface area contributed by atoms with Crippen LogP contribution in [0.5, 0.6) is 0 Å². The topological polar surface area (TPSA) is 172 Å². The molecule has 0 radical (unpaired) electrons. The molecule has 0 aliphatic heterocycles. The highest BCUT2D eigenvalue weighted by Gasteiger charge is 2.28. The molecule has 3 atom stereocenters. The van der Waals surface area contributed by atoms with Crippen LogP contribution in [0.3, 0.4) is 0 Å². The Labute approximate surface area is 328 Å². The summed E-state index contributed by atoms with van der Waals surface area (Å²) in [5.41, 5.74) is 5.33. The summed E-state index contributed by atoms with van der Waals surface area (Å²) in [5, 5.41) is 8.88. The minimum absolute atomic E-state index is 0.148. The van der Waals surface area contributed by atoms with Crippen molar-refractivity contribution in [1.29, 1.82) is 0 Å². The zero-order valence-electron chi connectivity index (χ0n) is 34.1. The van der Waals surface area contributed by atoms with E-state index in [1.54, 1.807) is 0 Å². The number of carboxylic acid groups (broad SMARTS) is 1. The predicted octanol–water partition coefficient (Wildman–Crippen LogP) is 11.1. The Morgan fingerprint density at radius 1 is 0.574 bits per heavy atom. The summed E-state index contributed by atoms with van der Waals surface area (Å²) < 4.78 is 32.7. The Morgan fingerprint density at radius 3 is 1.48 bits per heavy atom. The van der Waals surface area contributed by atoms with Crippen LogP contribution in [0.15, 0.2) is 24.3 Å². The van der Waals surface area contributed by atoms with Gasteiger partial charge < -0.3 is 25.2 Å². The van der Waals surface area contributed by atoms with Crippen LogP contribution in [0.2, 0.25) is 0 Å². The zero-order chi connectivity index (χ0) is 40.0. The molecule has 0 bridgehead atoms. The minimum atomic E-state index is -4.71. The number of ether oxygens (including phenoxy) is 2. The third kappa shape index (κ3) is 36.9. The molecular formula is C42H78NO10P. The van der Waals surface area contributed by atoms with Crippen molar-refractivity contribution in [2.45, 2.75) is 206 Å². The number of aliphatic carboxylic acids is 1. The summed E-state index contributed by atoms with van der Waals surface area (Å²) >= 11 is 0. The predicted molar refractivity (Wildman–Crippen MR) is 217 cm³/mol. The summed E-state index contributed by atoms with van der Waals surface area (Å²) in [6, 6.07) is -1.52. The maximum Gasteiger partial charge on any atom is 0.472 e. The number of carbonyl (C=O) groups is 3. The van der Waals surface area contributed by atoms with Gasteiger partial charge in [0.15, 0.2) is 6.10 Å². The van der Waals surface area contributed by atoms with Gasteiger partial charge in [0.05, 0.1) is 13.2 Å². The fourth-order valence-electron chi connectivity index (χ4n) is 5.80. The molecule has 0 amide bonds. The maximum absolute atomic E-state index is 12.6. The number of allylic oxidation sites excluding steroid dienone is 4. The van der Waals surface area contributed by atoms with E-state index in [4.69, 9.17) is 24.8 Å².